The first kappa shape index (κ1) is 17.1. The molecule has 0 bridgehead atoms. The van der Waals surface area contributed by atoms with Crippen LogP contribution in [0.3, 0.4) is 0 Å². The number of hydrogen-bond acceptors (Lipinski definition) is 5. The molecule has 0 saturated heterocycles. The molecular formula is C12H15N3O4S2. The summed E-state index contributed by atoms with van der Waals surface area (Å²) in [6.07, 6.45) is 0.715. The van der Waals surface area contributed by atoms with Crippen LogP contribution in [0.15, 0.2) is 24.3 Å². The summed E-state index contributed by atoms with van der Waals surface area (Å²) in [5.74, 6) is -0.660. The number of guanidine groups is 1. The molecule has 0 aliphatic rings. The number of nitrogens with one attached hydrogen (secondary N) is 2. The summed E-state index contributed by atoms with van der Waals surface area (Å²) in [7, 11) is -3.67. The van der Waals surface area contributed by atoms with Crippen molar-refractivity contribution in [1.82, 2.24) is 5.32 Å². The minimum absolute atomic E-state index is 0.326. The molecule has 21 heavy (non-hydrogen) atoms. The van der Waals surface area contributed by atoms with E-state index in [1.54, 1.807) is 0 Å². The maximum absolute atomic E-state index is 11.6. The van der Waals surface area contributed by atoms with Crippen molar-refractivity contribution in [2.45, 2.75) is 6.92 Å². The van der Waals surface area contributed by atoms with Crippen molar-refractivity contribution in [1.29, 1.82) is 5.41 Å². The van der Waals surface area contributed by atoms with Crippen molar-refractivity contribution in [3.05, 3.63) is 34.7 Å². The average Bonchev–Trinajstić information content (AvgIpc) is 2.71. The van der Waals surface area contributed by atoms with Crippen molar-refractivity contribution in [3.63, 3.8) is 0 Å². The van der Waals surface area contributed by atoms with Crippen LogP contribution in [-0.4, -0.2) is 31.1 Å². The number of carbonyl (C=O) groups is 1. The zero-order valence-electron chi connectivity index (χ0n) is 11.4. The van der Waals surface area contributed by atoms with Crippen molar-refractivity contribution in [2.24, 2.45) is 5.73 Å². The molecule has 0 fully saturated rings. The molecule has 7 nitrogen and oxygen atoms in total. The summed E-state index contributed by atoms with van der Waals surface area (Å²) in [6.45, 7) is 2.00. The summed E-state index contributed by atoms with van der Waals surface area (Å²) < 4.78 is 26.9. The number of fused-ring (bicyclic) bond motifs is 1. The Balaban J connectivity index is 0.000000383. The van der Waals surface area contributed by atoms with E-state index >= 15 is 0 Å². The number of hydrogen-bond donors (Lipinski definition) is 4. The van der Waals surface area contributed by atoms with E-state index < -0.39 is 10.1 Å². The van der Waals surface area contributed by atoms with Gasteiger partial charge >= 0.3 is 0 Å². The fourth-order valence-corrected chi connectivity index (χ4v) is 2.54. The van der Waals surface area contributed by atoms with Crippen LogP contribution in [0, 0.1) is 12.3 Å². The van der Waals surface area contributed by atoms with Crippen molar-refractivity contribution < 1.29 is 17.8 Å². The van der Waals surface area contributed by atoms with Gasteiger partial charge < -0.3 is 5.73 Å². The van der Waals surface area contributed by atoms with Gasteiger partial charge in [0.15, 0.2) is 5.96 Å². The van der Waals surface area contributed by atoms with Gasteiger partial charge in [-0.05, 0) is 30.0 Å². The molecule has 1 aromatic heterocycles. The van der Waals surface area contributed by atoms with Gasteiger partial charge in [0.05, 0.1) is 11.1 Å². The molecule has 0 aliphatic carbocycles. The van der Waals surface area contributed by atoms with E-state index in [2.05, 4.69) is 5.32 Å². The molecule has 1 amide bonds. The second-order valence-corrected chi connectivity index (χ2v) is 6.75. The highest BCUT2D eigenvalue weighted by Crippen LogP contribution is 2.27. The van der Waals surface area contributed by atoms with Gasteiger partial charge in [-0.25, -0.2) is 0 Å². The lowest BCUT2D eigenvalue weighted by molar-refractivity contribution is 0.0980. The molecule has 0 radical (unpaired) electrons. The molecule has 5 N–H and O–H groups in total. The maximum atomic E-state index is 11.6. The van der Waals surface area contributed by atoms with E-state index in [-0.39, 0.29) is 11.9 Å². The zero-order chi connectivity index (χ0) is 16.2. The van der Waals surface area contributed by atoms with Gasteiger partial charge in [-0.3, -0.25) is 20.1 Å². The Bertz CT molecular complexity index is 773. The summed E-state index contributed by atoms with van der Waals surface area (Å²) in [5.41, 5.74) is 6.25. The molecule has 2 rings (SSSR count). The summed E-state index contributed by atoms with van der Waals surface area (Å²) in [6, 6.07) is 7.76. The second-order valence-electron chi connectivity index (χ2n) is 4.20. The molecule has 0 spiro atoms. The largest absolute Gasteiger partial charge is 0.370 e. The van der Waals surface area contributed by atoms with Gasteiger partial charge in [0.25, 0.3) is 16.0 Å². The topological polar surface area (TPSA) is 133 Å². The highest BCUT2D eigenvalue weighted by molar-refractivity contribution is 7.85. The standard InChI is InChI=1S/C11H11N3OS.CH4O3S/c1-6-3-2-4-8-7(6)5-9(16-8)10(15)14-11(12)13;1-5(2,3)4/h2-5H,1H3,(H4,12,13,14,15);1H3,(H,2,3,4). The quantitative estimate of drug-likeness (QED) is 0.356. The van der Waals surface area contributed by atoms with Gasteiger partial charge in [-0.1, -0.05) is 12.1 Å². The van der Waals surface area contributed by atoms with E-state index in [9.17, 15) is 13.2 Å². The fourth-order valence-electron chi connectivity index (χ4n) is 1.50. The first-order chi connectivity index (χ1) is 9.58. The fraction of sp³-hybridized carbons (Fsp3) is 0.167. The van der Waals surface area contributed by atoms with Crippen LogP contribution >= 0.6 is 11.3 Å². The number of benzene rings is 1. The number of carbonyl (C=O) groups excluding carboxylic acids is 1. The average molecular weight is 329 g/mol. The van der Waals surface area contributed by atoms with Crippen LogP contribution in [0.5, 0.6) is 0 Å². The summed E-state index contributed by atoms with van der Waals surface area (Å²) in [5, 5.41) is 10.3. The lowest BCUT2D eigenvalue weighted by Crippen LogP contribution is -2.35. The van der Waals surface area contributed by atoms with Crippen molar-refractivity contribution in [2.75, 3.05) is 6.26 Å². The van der Waals surface area contributed by atoms with Crippen LogP contribution in [0.1, 0.15) is 15.2 Å². The second kappa shape index (κ2) is 6.66. The molecule has 0 atom stereocenters. The third-order valence-electron chi connectivity index (χ3n) is 2.25. The van der Waals surface area contributed by atoms with E-state index in [0.717, 1.165) is 15.6 Å². The number of thiophene rings is 1. The SMILES string of the molecule is CS(=O)(=O)O.Cc1cccc2sc(C(=O)NC(=N)N)cc12. The Kier molecular flexibility index (Phi) is 5.41. The Labute approximate surface area is 126 Å². The predicted octanol–water partition coefficient (Wildman–Crippen LogP) is 1.34. The first-order valence-electron chi connectivity index (χ1n) is 5.65. The summed E-state index contributed by atoms with van der Waals surface area (Å²) in [4.78, 5) is 12.2. The van der Waals surface area contributed by atoms with Gasteiger partial charge in [-0.2, -0.15) is 8.42 Å². The highest BCUT2D eigenvalue weighted by Gasteiger charge is 2.11. The van der Waals surface area contributed by atoms with Gasteiger partial charge in [0, 0.05) is 4.70 Å². The lowest BCUT2D eigenvalue weighted by atomic mass is 10.1. The Morgan fingerprint density at radius 1 is 1.43 bits per heavy atom. The first-order valence-corrected chi connectivity index (χ1v) is 8.31. The smallest absolute Gasteiger partial charge is 0.268 e. The normalized spacial score (nSPS) is 10.6. The zero-order valence-corrected chi connectivity index (χ0v) is 13.0. The third-order valence-corrected chi connectivity index (χ3v) is 3.35. The number of rotatable bonds is 1. The van der Waals surface area contributed by atoms with Crippen LogP contribution < -0.4 is 11.1 Å². The van der Waals surface area contributed by atoms with Gasteiger partial charge in [-0.15, -0.1) is 11.3 Å². The van der Waals surface area contributed by atoms with E-state index in [0.29, 0.717) is 11.1 Å². The molecule has 0 unspecified atom stereocenters. The number of aryl methyl sites for hydroxylation is 1. The predicted molar refractivity (Wildman–Crippen MR) is 83.4 cm³/mol. The summed E-state index contributed by atoms with van der Waals surface area (Å²) >= 11 is 1.40. The molecule has 114 valence electrons. The van der Waals surface area contributed by atoms with Crippen molar-refractivity contribution in [3.8, 4) is 0 Å². The Hall–Kier alpha value is -1.97. The minimum Gasteiger partial charge on any atom is -0.370 e. The molecule has 9 heteroatoms. The van der Waals surface area contributed by atoms with Crippen molar-refractivity contribution >= 4 is 43.4 Å². The lowest BCUT2D eigenvalue weighted by Gasteiger charge is -1.97. The molecule has 1 aromatic carbocycles. The molecule has 0 aliphatic heterocycles. The number of nitrogens with two attached hydrogens (primary N) is 1. The van der Waals surface area contributed by atoms with Crippen LogP contribution in [0.2, 0.25) is 0 Å². The van der Waals surface area contributed by atoms with Gasteiger partial charge in [0.2, 0.25) is 0 Å². The maximum Gasteiger partial charge on any atom is 0.268 e. The van der Waals surface area contributed by atoms with E-state index in [1.165, 1.54) is 11.3 Å². The minimum atomic E-state index is -3.67. The van der Waals surface area contributed by atoms with Crippen LogP contribution in [-0.2, 0) is 10.1 Å². The molecular weight excluding hydrogens is 314 g/mol. The van der Waals surface area contributed by atoms with Gasteiger partial charge in [0.1, 0.15) is 0 Å². The van der Waals surface area contributed by atoms with Crippen LogP contribution in [0.25, 0.3) is 10.1 Å². The third kappa shape index (κ3) is 5.90. The Morgan fingerprint density at radius 2 is 2.00 bits per heavy atom. The number of amides is 1. The van der Waals surface area contributed by atoms with E-state index in [4.69, 9.17) is 15.7 Å². The molecule has 2 aromatic rings. The van der Waals surface area contributed by atoms with Crippen LogP contribution in [0.4, 0.5) is 0 Å². The molecule has 0 saturated carbocycles. The highest BCUT2D eigenvalue weighted by atomic mass is 32.2. The monoisotopic (exact) mass is 329 g/mol. The van der Waals surface area contributed by atoms with E-state index in [1.807, 2.05) is 31.2 Å². The molecule has 1 heterocycles. The Morgan fingerprint density at radius 3 is 2.48 bits per heavy atom.